The first-order valence-electron chi connectivity index (χ1n) is 5.84. The summed E-state index contributed by atoms with van der Waals surface area (Å²) in [6.07, 6.45) is 3.29. The number of aromatic nitrogens is 3. The molecule has 0 aliphatic carbocycles. The topological polar surface area (TPSA) is 73.8 Å². The summed E-state index contributed by atoms with van der Waals surface area (Å²) >= 11 is 0. The van der Waals surface area contributed by atoms with E-state index in [2.05, 4.69) is 10.3 Å². The molecular weight excluding hydrogens is 216 g/mol. The molecule has 2 rings (SSSR count). The summed E-state index contributed by atoms with van der Waals surface area (Å²) in [5.41, 5.74) is 7.06. The highest BCUT2D eigenvalue weighted by Gasteiger charge is 2.02. The summed E-state index contributed by atoms with van der Waals surface area (Å²) < 4.78 is 1.90. The zero-order valence-corrected chi connectivity index (χ0v) is 9.67. The minimum Gasteiger partial charge on any atom is -0.370 e. The molecule has 17 heavy (non-hydrogen) atoms. The van der Waals surface area contributed by atoms with Gasteiger partial charge in [0.05, 0.1) is 5.52 Å². The largest absolute Gasteiger partial charge is 0.370 e. The van der Waals surface area contributed by atoms with Gasteiger partial charge in [-0.15, -0.1) is 5.10 Å². The van der Waals surface area contributed by atoms with Gasteiger partial charge in [-0.1, -0.05) is 23.8 Å². The molecule has 0 unspecified atom stereocenters. The zero-order valence-electron chi connectivity index (χ0n) is 9.67. The Morgan fingerprint density at radius 1 is 1.24 bits per heavy atom. The van der Waals surface area contributed by atoms with Gasteiger partial charge in [-0.25, -0.2) is 4.68 Å². The minimum absolute atomic E-state index is 0.226. The monoisotopic (exact) mass is 232 g/mol. The number of rotatable bonds is 6. The molecule has 0 fully saturated rings. The molecule has 5 heteroatoms. The van der Waals surface area contributed by atoms with Gasteiger partial charge in [0.25, 0.3) is 0 Å². The first-order valence-corrected chi connectivity index (χ1v) is 5.84. The molecule has 5 nitrogen and oxygen atoms in total. The van der Waals surface area contributed by atoms with E-state index in [9.17, 15) is 4.79 Å². The Labute approximate surface area is 99.6 Å². The predicted octanol–water partition coefficient (Wildman–Crippen LogP) is 1.48. The number of benzene rings is 1. The van der Waals surface area contributed by atoms with Crippen molar-refractivity contribution >= 4 is 16.9 Å². The van der Waals surface area contributed by atoms with Gasteiger partial charge in [0.15, 0.2) is 0 Å². The van der Waals surface area contributed by atoms with Crippen LogP contribution in [0.5, 0.6) is 0 Å². The van der Waals surface area contributed by atoms with Gasteiger partial charge in [0, 0.05) is 13.0 Å². The summed E-state index contributed by atoms with van der Waals surface area (Å²) in [6, 6.07) is 7.90. The fraction of sp³-hybridized carbons (Fsp3) is 0.417. The molecule has 0 saturated carbocycles. The maximum Gasteiger partial charge on any atom is 0.217 e. The minimum atomic E-state index is -0.226. The Morgan fingerprint density at radius 2 is 2.06 bits per heavy atom. The fourth-order valence-corrected chi connectivity index (χ4v) is 1.82. The molecule has 0 spiro atoms. The number of aryl methyl sites for hydroxylation is 1. The number of hydrogen-bond donors (Lipinski definition) is 1. The van der Waals surface area contributed by atoms with Crippen molar-refractivity contribution in [2.24, 2.45) is 5.73 Å². The van der Waals surface area contributed by atoms with E-state index in [-0.39, 0.29) is 5.91 Å². The first kappa shape index (κ1) is 11.6. The number of para-hydroxylation sites is 1. The van der Waals surface area contributed by atoms with Gasteiger partial charge in [-0.05, 0) is 25.0 Å². The third kappa shape index (κ3) is 3.03. The lowest BCUT2D eigenvalue weighted by molar-refractivity contribution is -0.118. The molecule has 90 valence electrons. The second kappa shape index (κ2) is 5.43. The van der Waals surface area contributed by atoms with E-state index >= 15 is 0 Å². The van der Waals surface area contributed by atoms with E-state index in [0.717, 1.165) is 36.8 Å². The number of primary amides is 1. The molecule has 2 aromatic rings. The number of unbranched alkanes of at least 4 members (excludes halogenated alkanes) is 2. The maximum absolute atomic E-state index is 10.6. The number of fused-ring (bicyclic) bond motifs is 1. The second-order valence-corrected chi connectivity index (χ2v) is 4.08. The highest BCUT2D eigenvalue weighted by Crippen LogP contribution is 2.11. The summed E-state index contributed by atoms with van der Waals surface area (Å²) in [4.78, 5) is 10.6. The molecule has 2 N–H and O–H groups in total. The molecule has 0 aliphatic rings. The molecule has 1 aromatic heterocycles. The van der Waals surface area contributed by atoms with Crippen LogP contribution in [-0.2, 0) is 11.3 Å². The lowest BCUT2D eigenvalue weighted by atomic mass is 10.2. The summed E-state index contributed by atoms with van der Waals surface area (Å²) in [6.45, 7) is 0.833. The standard InChI is InChI=1S/C12H16N4O/c13-12(17)8-2-1-5-9-16-11-7-4-3-6-10(11)14-15-16/h3-4,6-7H,1-2,5,8-9H2,(H2,13,17). The number of nitrogens with two attached hydrogens (primary N) is 1. The van der Waals surface area contributed by atoms with Crippen LogP contribution in [0.2, 0.25) is 0 Å². The van der Waals surface area contributed by atoms with E-state index in [0.29, 0.717) is 6.42 Å². The molecule has 0 atom stereocenters. The van der Waals surface area contributed by atoms with Gasteiger partial charge in [-0.3, -0.25) is 4.79 Å². The number of amides is 1. The normalized spacial score (nSPS) is 10.8. The molecule has 1 aromatic carbocycles. The summed E-state index contributed by atoms with van der Waals surface area (Å²) in [5.74, 6) is -0.226. The number of hydrogen-bond acceptors (Lipinski definition) is 3. The average molecular weight is 232 g/mol. The molecule has 1 heterocycles. The van der Waals surface area contributed by atoms with Crippen LogP contribution in [0.15, 0.2) is 24.3 Å². The van der Waals surface area contributed by atoms with Crippen LogP contribution in [0.3, 0.4) is 0 Å². The summed E-state index contributed by atoms with van der Waals surface area (Å²) in [5, 5.41) is 8.19. The Bertz CT molecular complexity index is 506. The van der Waals surface area contributed by atoms with Crippen molar-refractivity contribution in [3.63, 3.8) is 0 Å². The van der Waals surface area contributed by atoms with Crippen LogP contribution in [0.1, 0.15) is 25.7 Å². The Balaban J connectivity index is 1.85. The zero-order chi connectivity index (χ0) is 12.1. The van der Waals surface area contributed by atoms with Crippen molar-refractivity contribution in [1.82, 2.24) is 15.0 Å². The fourth-order valence-electron chi connectivity index (χ4n) is 1.82. The van der Waals surface area contributed by atoms with Crippen molar-refractivity contribution in [3.8, 4) is 0 Å². The smallest absolute Gasteiger partial charge is 0.217 e. The van der Waals surface area contributed by atoms with E-state index in [1.807, 2.05) is 28.9 Å². The van der Waals surface area contributed by atoms with Gasteiger partial charge in [0.2, 0.25) is 5.91 Å². The average Bonchev–Trinajstić information content (AvgIpc) is 2.72. The molecule has 1 amide bonds. The van der Waals surface area contributed by atoms with Crippen LogP contribution in [0.25, 0.3) is 11.0 Å². The van der Waals surface area contributed by atoms with Crippen LogP contribution in [-0.4, -0.2) is 20.9 Å². The lowest BCUT2D eigenvalue weighted by Crippen LogP contribution is -2.09. The molecular formula is C12H16N4O. The SMILES string of the molecule is NC(=O)CCCCCn1nnc2ccccc21. The van der Waals surface area contributed by atoms with Gasteiger partial charge in [-0.2, -0.15) is 0 Å². The lowest BCUT2D eigenvalue weighted by Gasteiger charge is -2.01. The van der Waals surface area contributed by atoms with E-state index in [4.69, 9.17) is 5.73 Å². The highest BCUT2D eigenvalue weighted by atomic mass is 16.1. The third-order valence-electron chi connectivity index (χ3n) is 2.71. The maximum atomic E-state index is 10.6. The molecule has 0 radical (unpaired) electrons. The number of carbonyl (C=O) groups excluding carboxylic acids is 1. The van der Waals surface area contributed by atoms with E-state index in [1.165, 1.54) is 0 Å². The van der Waals surface area contributed by atoms with Crippen molar-refractivity contribution in [1.29, 1.82) is 0 Å². The van der Waals surface area contributed by atoms with Crippen LogP contribution < -0.4 is 5.73 Å². The quantitative estimate of drug-likeness (QED) is 0.766. The third-order valence-corrected chi connectivity index (χ3v) is 2.71. The molecule has 0 aliphatic heterocycles. The van der Waals surface area contributed by atoms with E-state index in [1.54, 1.807) is 0 Å². The van der Waals surface area contributed by atoms with Crippen molar-refractivity contribution in [3.05, 3.63) is 24.3 Å². The van der Waals surface area contributed by atoms with Crippen molar-refractivity contribution in [2.45, 2.75) is 32.2 Å². The van der Waals surface area contributed by atoms with Crippen LogP contribution >= 0.6 is 0 Å². The van der Waals surface area contributed by atoms with Crippen LogP contribution in [0.4, 0.5) is 0 Å². The van der Waals surface area contributed by atoms with Crippen molar-refractivity contribution < 1.29 is 4.79 Å². The van der Waals surface area contributed by atoms with Gasteiger partial charge < -0.3 is 5.73 Å². The first-order chi connectivity index (χ1) is 8.27. The summed E-state index contributed by atoms with van der Waals surface area (Å²) in [7, 11) is 0. The Kier molecular flexibility index (Phi) is 3.69. The highest BCUT2D eigenvalue weighted by molar-refractivity contribution is 5.74. The second-order valence-electron chi connectivity index (χ2n) is 4.08. The van der Waals surface area contributed by atoms with Crippen molar-refractivity contribution in [2.75, 3.05) is 0 Å². The van der Waals surface area contributed by atoms with Gasteiger partial charge in [0.1, 0.15) is 5.52 Å². The number of carbonyl (C=O) groups is 1. The Hall–Kier alpha value is -1.91. The van der Waals surface area contributed by atoms with Crippen LogP contribution in [0, 0.1) is 0 Å². The number of nitrogens with zero attached hydrogens (tertiary/aromatic N) is 3. The Morgan fingerprint density at radius 3 is 2.88 bits per heavy atom. The van der Waals surface area contributed by atoms with Gasteiger partial charge >= 0.3 is 0 Å². The predicted molar refractivity (Wildman–Crippen MR) is 65.2 cm³/mol. The molecule has 0 bridgehead atoms. The van der Waals surface area contributed by atoms with E-state index < -0.39 is 0 Å². The molecule has 0 saturated heterocycles.